The van der Waals surface area contributed by atoms with Crippen LogP contribution in [0, 0.1) is 0 Å². The molecule has 0 aliphatic carbocycles. The average molecular weight is 531 g/mol. The van der Waals surface area contributed by atoms with Crippen LogP contribution in [0.25, 0.3) is 0 Å². The van der Waals surface area contributed by atoms with Crippen molar-refractivity contribution in [2.24, 2.45) is 0 Å². The molecular formula is C24H56ClN4O4P. The zero-order valence-electron chi connectivity index (χ0n) is 23.6. The fraction of sp³-hybridized carbons (Fsp3) is 1.00. The number of rotatable bonds is 24. The van der Waals surface area contributed by atoms with Gasteiger partial charge in [-0.1, -0.05) is 0 Å². The van der Waals surface area contributed by atoms with Gasteiger partial charge in [-0.25, -0.2) is 0 Å². The van der Waals surface area contributed by atoms with Crippen molar-refractivity contribution in [1.82, 2.24) is 18.7 Å². The first kappa shape index (κ1) is 34.4. The van der Waals surface area contributed by atoms with Gasteiger partial charge in [0.25, 0.3) is 0 Å². The topological polar surface area (TPSA) is 49.9 Å². The molecule has 0 aliphatic rings. The molecule has 10 heteroatoms. The molecule has 0 aromatic carbocycles. The minimum atomic E-state index is -3.58. The second kappa shape index (κ2) is 19.5. The Morgan fingerprint density at radius 2 is 0.794 bits per heavy atom. The van der Waals surface area contributed by atoms with Crippen molar-refractivity contribution in [2.75, 3.05) is 107 Å². The first-order chi connectivity index (χ1) is 16.4. The second-order valence-electron chi connectivity index (χ2n) is 8.52. The van der Waals surface area contributed by atoms with Crippen LogP contribution in [-0.2, 0) is 18.9 Å². The molecule has 34 heavy (non-hydrogen) atoms. The van der Waals surface area contributed by atoms with Crippen molar-refractivity contribution >= 4 is 17.8 Å². The molecule has 0 aliphatic heterocycles. The quantitative estimate of drug-likeness (QED) is 0.165. The minimum absolute atomic E-state index is 0.605. The summed E-state index contributed by atoms with van der Waals surface area (Å²) >= 11 is 8.49. The van der Waals surface area contributed by atoms with Gasteiger partial charge in [0.05, 0.1) is 0 Å². The van der Waals surface area contributed by atoms with Gasteiger partial charge in [0.2, 0.25) is 0 Å². The molecule has 0 aromatic heterocycles. The van der Waals surface area contributed by atoms with Crippen molar-refractivity contribution in [3.63, 3.8) is 0 Å². The van der Waals surface area contributed by atoms with Crippen molar-refractivity contribution in [2.45, 2.75) is 53.4 Å². The van der Waals surface area contributed by atoms with Crippen LogP contribution in [0.3, 0.4) is 0 Å². The van der Waals surface area contributed by atoms with Crippen LogP contribution in [-0.4, -0.2) is 126 Å². The predicted molar refractivity (Wildman–Crippen MR) is 148 cm³/mol. The third-order valence-electron chi connectivity index (χ3n) is 6.43. The average Bonchev–Trinajstić information content (AvgIpc) is 2.84. The summed E-state index contributed by atoms with van der Waals surface area (Å²) in [7, 11) is 7.03. The van der Waals surface area contributed by atoms with Gasteiger partial charge in [-0.15, -0.1) is 0 Å². The fourth-order valence-corrected chi connectivity index (χ4v) is 12.4. The van der Waals surface area contributed by atoms with E-state index in [1.54, 1.807) is 28.4 Å². The number of ether oxygens (including phenoxy) is 4. The molecule has 0 fully saturated rings. The first-order valence-electron chi connectivity index (χ1n) is 13.1. The maximum atomic E-state index is 8.49. The zero-order valence-corrected chi connectivity index (χ0v) is 25.2. The molecule has 0 heterocycles. The summed E-state index contributed by atoms with van der Waals surface area (Å²) < 4.78 is 32.5. The first-order valence-corrected chi connectivity index (χ1v) is 16.1. The van der Waals surface area contributed by atoms with Gasteiger partial charge < -0.3 is 0 Å². The van der Waals surface area contributed by atoms with Crippen LogP contribution < -0.4 is 0 Å². The van der Waals surface area contributed by atoms with Gasteiger partial charge in [0.15, 0.2) is 0 Å². The number of methoxy groups -OCH3 is 4. The van der Waals surface area contributed by atoms with Crippen LogP contribution in [0.4, 0.5) is 0 Å². The zero-order chi connectivity index (χ0) is 25.9. The van der Waals surface area contributed by atoms with E-state index >= 15 is 0 Å². The molecule has 0 N–H and O–H groups in total. The SMILES string of the molecule is CCCCN(CC)P(Cl)(N(CC)CCCC)(N(CCOC)CCOC)N(CCOC)CCOC. The molecule has 0 saturated heterocycles. The normalized spacial score (nSPS) is 14.0. The van der Waals surface area contributed by atoms with E-state index in [0.717, 1.165) is 78.0 Å². The van der Waals surface area contributed by atoms with E-state index in [9.17, 15) is 0 Å². The molecule has 0 saturated carbocycles. The number of hydrogen-bond acceptors (Lipinski definition) is 8. The summed E-state index contributed by atoms with van der Waals surface area (Å²) in [5.74, 6) is 0. The van der Waals surface area contributed by atoms with E-state index in [0.29, 0.717) is 26.4 Å². The van der Waals surface area contributed by atoms with E-state index < -0.39 is 6.56 Å². The van der Waals surface area contributed by atoms with E-state index in [2.05, 4.69) is 46.4 Å². The summed E-state index contributed by atoms with van der Waals surface area (Å²) in [6.07, 6.45) is 4.42. The third kappa shape index (κ3) is 8.76. The van der Waals surface area contributed by atoms with E-state index in [1.165, 1.54) is 0 Å². The summed E-state index contributed by atoms with van der Waals surface area (Å²) in [5, 5.41) is 0. The summed E-state index contributed by atoms with van der Waals surface area (Å²) in [6, 6.07) is 0. The van der Waals surface area contributed by atoms with Crippen molar-refractivity contribution in [3.8, 4) is 0 Å². The Morgan fingerprint density at radius 1 is 0.500 bits per heavy atom. The summed E-state index contributed by atoms with van der Waals surface area (Å²) in [6.45, 7) is 14.3. The van der Waals surface area contributed by atoms with Crippen LogP contribution >= 0.6 is 17.8 Å². The Kier molecular flexibility index (Phi) is 19.7. The molecular weight excluding hydrogens is 475 g/mol. The number of halogens is 1. The second-order valence-corrected chi connectivity index (χ2v) is 14.3. The van der Waals surface area contributed by atoms with Gasteiger partial charge in [-0.05, 0) is 0 Å². The Labute approximate surface area is 216 Å². The molecule has 208 valence electrons. The van der Waals surface area contributed by atoms with Crippen LogP contribution in [0.15, 0.2) is 0 Å². The van der Waals surface area contributed by atoms with Crippen LogP contribution in [0.2, 0.25) is 0 Å². The van der Waals surface area contributed by atoms with E-state index in [1.807, 2.05) is 0 Å². The standard InChI is InChI=1S/C24H56ClN4O4P/c1-9-13-15-26(11-3)34(25,27(12-4)16-14-10-2,28(17-21-30-5)18-22-31-6)29(19-23-32-7)20-24-33-8/h9-24H2,1-8H3. The van der Waals surface area contributed by atoms with E-state index in [4.69, 9.17) is 30.2 Å². The van der Waals surface area contributed by atoms with Crippen LogP contribution in [0.5, 0.6) is 0 Å². The molecule has 0 unspecified atom stereocenters. The number of unbranched alkanes of at least 4 members (excludes halogenated alkanes) is 2. The summed E-state index contributed by atoms with van der Waals surface area (Å²) in [5.41, 5.74) is 0. The molecule has 8 nitrogen and oxygen atoms in total. The van der Waals surface area contributed by atoms with Gasteiger partial charge in [-0.3, -0.25) is 0 Å². The predicted octanol–water partition coefficient (Wildman–Crippen LogP) is 4.79. The number of nitrogens with zero attached hydrogens (tertiary/aromatic N) is 4. The van der Waals surface area contributed by atoms with Crippen LogP contribution in [0.1, 0.15) is 53.4 Å². The molecule has 0 atom stereocenters. The Balaban J connectivity index is 7.21. The van der Waals surface area contributed by atoms with Gasteiger partial charge in [-0.2, -0.15) is 0 Å². The van der Waals surface area contributed by atoms with Gasteiger partial charge in [0, 0.05) is 0 Å². The van der Waals surface area contributed by atoms with Crippen molar-refractivity contribution in [1.29, 1.82) is 0 Å². The Morgan fingerprint density at radius 3 is 1.00 bits per heavy atom. The molecule has 0 spiro atoms. The monoisotopic (exact) mass is 530 g/mol. The van der Waals surface area contributed by atoms with Crippen molar-refractivity contribution in [3.05, 3.63) is 0 Å². The Bertz CT molecular complexity index is 440. The molecule has 0 rings (SSSR count). The number of hydrogen-bond donors (Lipinski definition) is 0. The van der Waals surface area contributed by atoms with Gasteiger partial charge >= 0.3 is 216 Å². The maximum absolute atomic E-state index is 8.49. The van der Waals surface area contributed by atoms with Crippen molar-refractivity contribution < 1.29 is 18.9 Å². The fourth-order valence-electron chi connectivity index (χ4n) is 4.60. The molecule has 0 radical (unpaired) electrons. The third-order valence-corrected chi connectivity index (χ3v) is 14.7. The van der Waals surface area contributed by atoms with Gasteiger partial charge in [0.1, 0.15) is 0 Å². The Hall–Kier alpha value is 0.400. The summed E-state index contributed by atoms with van der Waals surface area (Å²) in [4.78, 5) is 0. The molecule has 0 bridgehead atoms. The van der Waals surface area contributed by atoms with E-state index in [-0.39, 0.29) is 0 Å². The molecule has 0 aromatic rings. The molecule has 0 amide bonds.